The van der Waals surface area contributed by atoms with Crippen LogP contribution >= 0.6 is 0 Å². The van der Waals surface area contributed by atoms with E-state index in [1.165, 1.54) is 6.92 Å². The second-order valence-corrected chi connectivity index (χ2v) is 3.75. The van der Waals surface area contributed by atoms with Gasteiger partial charge in [-0.1, -0.05) is 0 Å². The van der Waals surface area contributed by atoms with Gasteiger partial charge < -0.3 is 25.5 Å². The predicted octanol–water partition coefficient (Wildman–Crippen LogP) is -1.20. The highest BCUT2D eigenvalue weighted by Gasteiger charge is 2.40. The van der Waals surface area contributed by atoms with Gasteiger partial charge in [-0.3, -0.25) is 19.2 Å². The number of hydrogen-bond donors (Lipinski definition) is 5. The second-order valence-electron chi connectivity index (χ2n) is 3.75. The van der Waals surface area contributed by atoms with Gasteiger partial charge in [0.25, 0.3) is 0 Å². The van der Waals surface area contributed by atoms with Crippen molar-refractivity contribution >= 4 is 29.7 Å². The minimum Gasteiger partial charge on any atom is -0.481 e. The molecule has 0 saturated heterocycles. The summed E-state index contributed by atoms with van der Waals surface area (Å²) < 4.78 is 0. The van der Waals surface area contributed by atoms with E-state index in [0.717, 1.165) is 0 Å². The summed E-state index contributed by atoms with van der Waals surface area (Å²) in [6.07, 6.45) is -2.65. The number of carbonyl (C=O) groups excluding carboxylic acids is 1. The summed E-state index contributed by atoms with van der Waals surface area (Å²) in [5, 5.41) is 41.7. The Balaban J connectivity index is 0. The van der Waals surface area contributed by atoms with Gasteiger partial charge in [-0.05, 0) is 6.92 Å². The van der Waals surface area contributed by atoms with E-state index in [1.54, 1.807) is 0 Å². The van der Waals surface area contributed by atoms with Crippen molar-refractivity contribution in [3.8, 4) is 0 Å². The van der Waals surface area contributed by atoms with Crippen molar-refractivity contribution in [2.45, 2.75) is 31.8 Å². The molecule has 0 saturated carbocycles. The van der Waals surface area contributed by atoms with E-state index in [1.807, 2.05) is 0 Å². The number of carboxylic acid groups (broad SMARTS) is 4. The predicted molar refractivity (Wildman–Crippen MR) is 60.0 cm³/mol. The minimum absolute atomic E-state index is 0.312. The summed E-state index contributed by atoms with van der Waals surface area (Å²) in [6, 6.07) is 0. The molecule has 20 heavy (non-hydrogen) atoms. The van der Waals surface area contributed by atoms with Crippen LogP contribution in [0.1, 0.15) is 26.2 Å². The van der Waals surface area contributed by atoms with Crippen LogP contribution in [0, 0.1) is 0 Å². The molecule has 0 unspecified atom stereocenters. The lowest BCUT2D eigenvalue weighted by Crippen LogP contribution is -2.42. The van der Waals surface area contributed by atoms with Gasteiger partial charge >= 0.3 is 23.9 Å². The first-order valence-electron chi connectivity index (χ1n) is 5.01. The smallest absolute Gasteiger partial charge is 0.336 e. The van der Waals surface area contributed by atoms with E-state index in [4.69, 9.17) is 25.5 Å². The highest BCUT2D eigenvalue weighted by atomic mass is 16.4. The monoisotopic (exact) mass is 294 g/mol. The number of rotatable bonds is 7. The highest BCUT2D eigenvalue weighted by Crippen LogP contribution is 2.15. The number of hydrogen-bond acceptors (Lipinski definition) is 6. The molecule has 0 spiro atoms. The molecule has 0 radical (unpaired) electrons. The number of ketones is 1. The van der Waals surface area contributed by atoms with Crippen molar-refractivity contribution in [1.82, 2.24) is 0 Å². The molecule has 0 aromatic rings. The van der Waals surface area contributed by atoms with Crippen molar-refractivity contribution in [1.29, 1.82) is 0 Å². The van der Waals surface area contributed by atoms with Gasteiger partial charge in [0.15, 0.2) is 5.60 Å². The van der Waals surface area contributed by atoms with Gasteiger partial charge in [0.1, 0.15) is 12.2 Å². The molecule has 0 aliphatic heterocycles. The van der Waals surface area contributed by atoms with Gasteiger partial charge in [-0.2, -0.15) is 0 Å². The lowest BCUT2D eigenvalue weighted by molar-refractivity contribution is -0.170. The van der Waals surface area contributed by atoms with Crippen LogP contribution in [0.4, 0.5) is 0 Å². The number of aliphatic carboxylic acids is 4. The molecule has 0 heterocycles. The molecular weight excluding hydrogens is 280 g/mol. The van der Waals surface area contributed by atoms with Crippen molar-refractivity contribution in [2.24, 2.45) is 0 Å². The fourth-order valence-corrected chi connectivity index (χ4v) is 0.927. The van der Waals surface area contributed by atoms with Crippen LogP contribution in [0.15, 0.2) is 0 Å². The standard InChI is InChI=1S/C6H8O7.C4H6O3/c7-3(8)1-6(13,5(11)12)2-4(9)10;1-3(5)2-4(6)7/h13H,1-2H2,(H,7,8)(H,9,10)(H,11,12);2H2,1H3,(H,6,7). The van der Waals surface area contributed by atoms with Gasteiger partial charge in [0, 0.05) is 0 Å². The van der Waals surface area contributed by atoms with Gasteiger partial charge in [0.2, 0.25) is 0 Å². The third-order valence-electron chi connectivity index (χ3n) is 1.69. The molecule has 0 aromatic carbocycles. The normalized spacial score (nSPS) is 9.90. The lowest BCUT2D eigenvalue weighted by atomic mass is 9.96. The van der Waals surface area contributed by atoms with Crippen molar-refractivity contribution in [3.63, 3.8) is 0 Å². The first-order chi connectivity index (χ1) is 8.90. The third kappa shape index (κ3) is 10.7. The molecule has 0 aliphatic rings. The summed E-state index contributed by atoms with van der Waals surface area (Å²) in [6.45, 7) is 1.24. The quantitative estimate of drug-likeness (QED) is 0.357. The molecule has 5 N–H and O–H groups in total. The van der Waals surface area contributed by atoms with E-state index >= 15 is 0 Å². The Morgan fingerprint density at radius 1 is 0.800 bits per heavy atom. The van der Waals surface area contributed by atoms with Crippen molar-refractivity contribution in [2.75, 3.05) is 0 Å². The lowest BCUT2D eigenvalue weighted by Gasteiger charge is -2.18. The Bertz CT molecular complexity index is 382. The second kappa shape index (κ2) is 8.58. The average molecular weight is 294 g/mol. The molecule has 0 rings (SSSR count). The van der Waals surface area contributed by atoms with Crippen LogP contribution in [0.3, 0.4) is 0 Å². The van der Waals surface area contributed by atoms with Crippen molar-refractivity contribution < 1.29 is 49.5 Å². The van der Waals surface area contributed by atoms with Gasteiger partial charge in [-0.25, -0.2) is 4.79 Å². The maximum atomic E-state index is 10.3. The van der Waals surface area contributed by atoms with E-state index in [2.05, 4.69) is 0 Å². The maximum absolute atomic E-state index is 10.3. The Morgan fingerprint density at radius 2 is 1.15 bits per heavy atom. The van der Waals surface area contributed by atoms with E-state index < -0.39 is 42.3 Å². The molecular formula is C10H14O10. The number of carboxylic acids is 4. The Hall–Kier alpha value is -2.49. The van der Waals surface area contributed by atoms with Crippen LogP contribution in [-0.2, 0) is 24.0 Å². The van der Waals surface area contributed by atoms with E-state index in [9.17, 15) is 24.0 Å². The summed E-state index contributed by atoms with van der Waals surface area (Å²) in [5.41, 5.74) is -2.74. The highest BCUT2D eigenvalue weighted by molar-refractivity contribution is 5.93. The summed E-state index contributed by atoms with van der Waals surface area (Å²) in [4.78, 5) is 49.9. The SMILES string of the molecule is CC(=O)CC(=O)O.O=C(O)CC(O)(CC(=O)O)C(=O)O. The first-order valence-corrected chi connectivity index (χ1v) is 5.01. The van der Waals surface area contributed by atoms with Crippen LogP contribution in [0.2, 0.25) is 0 Å². The Labute approximate surface area is 112 Å². The van der Waals surface area contributed by atoms with E-state index in [0.29, 0.717) is 0 Å². The zero-order valence-electron chi connectivity index (χ0n) is 10.4. The van der Waals surface area contributed by atoms with Crippen molar-refractivity contribution in [3.05, 3.63) is 0 Å². The molecule has 0 aliphatic carbocycles. The van der Waals surface area contributed by atoms with E-state index in [-0.39, 0.29) is 12.2 Å². The van der Waals surface area contributed by atoms with Gasteiger partial charge in [0.05, 0.1) is 12.8 Å². The maximum Gasteiger partial charge on any atom is 0.336 e. The molecule has 0 bridgehead atoms. The average Bonchev–Trinajstić information content (AvgIpc) is 2.12. The number of aliphatic hydroxyl groups is 1. The fourth-order valence-electron chi connectivity index (χ4n) is 0.927. The molecule has 114 valence electrons. The van der Waals surface area contributed by atoms with Crippen LogP contribution in [-0.4, -0.2) is 60.8 Å². The van der Waals surface area contributed by atoms with Crippen LogP contribution in [0.25, 0.3) is 0 Å². The summed E-state index contributed by atoms with van der Waals surface area (Å²) >= 11 is 0. The molecule has 0 aromatic heterocycles. The molecule has 0 amide bonds. The Kier molecular flexibility index (Phi) is 8.52. The number of Topliss-reactive ketones (excluding diaryl/α,β-unsaturated/α-hetero) is 1. The topological polar surface area (TPSA) is 186 Å². The Morgan fingerprint density at radius 3 is 1.25 bits per heavy atom. The number of carbonyl (C=O) groups is 5. The zero-order chi connectivity index (χ0) is 16.5. The largest absolute Gasteiger partial charge is 0.481 e. The molecule has 0 atom stereocenters. The van der Waals surface area contributed by atoms with Crippen LogP contribution < -0.4 is 0 Å². The molecule has 0 fully saturated rings. The van der Waals surface area contributed by atoms with Gasteiger partial charge in [-0.15, -0.1) is 0 Å². The third-order valence-corrected chi connectivity index (χ3v) is 1.69. The minimum atomic E-state index is -2.74. The summed E-state index contributed by atoms with van der Waals surface area (Å²) in [5.74, 6) is -6.39. The molecule has 10 heteroatoms. The van der Waals surface area contributed by atoms with Crippen LogP contribution in [0.5, 0.6) is 0 Å². The summed E-state index contributed by atoms with van der Waals surface area (Å²) in [7, 11) is 0. The molecule has 10 nitrogen and oxygen atoms in total. The zero-order valence-corrected chi connectivity index (χ0v) is 10.4. The first kappa shape index (κ1) is 19.8. The fraction of sp³-hybridized carbons (Fsp3) is 0.500.